The van der Waals surface area contributed by atoms with Crippen LogP contribution in [0, 0.1) is 5.41 Å². The predicted octanol–water partition coefficient (Wildman–Crippen LogP) is 1.96. The molecule has 0 atom stereocenters. The average Bonchev–Trinajstić information content (AvgIpc) is 2.66. The molecular formula is C21H32N4O3. The van der Waals surface area contributed by atoms with Gasteiger partial charge in [0.1, 0.15) is 0 Å². The summed E-state index contributed by atoms with van der Waals surface area (Å²) >= 11 is 0. The Hall–Kier alpha value is -2.41. The SMILES string of the molecule is CCCNC(=O)CN1CCN(C(=O)c2cccc(NC(=O)C(C)(C)C)c2)CC1. The predicted molar refractivity (Wildman–Crippen MR) is 110 cm³/mol. The summed E-state index contributed by atoms with van der Waals surface area (Å²) in [6, 6.07) is 7.04. The molecule has 0 bridgehead atoms. The molecule has 0 saturated carbocycles. The quantitative estimate of drug-likeness (QED) is 0.781. The second kappa shape index (κ2) is 9.68. The highest BCUT2D eigenvalue weighted by Gasteiger charge is 2.24. The zero-order chi connectivity index (χ0) is 20.7. The van der Waals surface area contributed by atoms with Crippen LogP contribution in [0.2, 0.25) is 0 Å². The summed E-state index contributed by atoms with van der Waals surface area (Å²) in [6.45, 7) is 11.1. The zero-order valence-electron chi connectivity index (χ0n) is 17.4. The van der Waals surface area contributed by atoms with Gasteiger partial charge in [0.25, 0.3) is 5.91 Å². The molecule has 1 fully saturated rings. The Bertz CT molecular complexity index is 704. The third-order valence-electron chi connectivity index (χ3n) is 4.65. The first kappa shape index (κ1) is 21.9. The van der Waals surface area contributed by atoms with Gasteiger partial charge >= 0.3 is 0 Å². The van der Waals surface area contributed by atoms with E-state index in [9.17, 15) is 14.4 Å². The van der Waals surface area contributed by atoms with Crippen molar-refractivity contribution >= 4 is 23.4 Å². The minimum atomic E-state index is -0.500. The molecule has 1 aliphatic heterocycles. The maximum Gasteiger partial charge on any atom is 0.254 e. The zero-order valence-corrected chi connectivity index (χ0v) is 17.4. The lowest BCUT2D eigenvalue weighted by atomic mass is 9.95. The Labute approximate surface area is 167 Å². The second-order valence-corrected chi connectivity index (χ2v) is 8.20. The molecule has 0 aliphatic carbocycles. The molecule has 1 aliphatic rings. The molecule has 0 spiro atoms. The number of amides is 3. The van der Waals surface area contributed by atoms with E-state index < -0.39 is 5.41 Å². The standard InChI is InChI=1S/C21H32N4O3/c1-5-9-22-18(26)15-24-10-12-25(13-11-24)19(27)16-7-6-8-17(14-16)23-20(28)21(2,3)4/h6-8,14H,5,9-13,15H2,1-4H3,(H,22,26)(H,23,28). The largest absolute Gasteiger partial charge is 0.355 e. The van der Waals surface area contributed by atoms with Crippen LogP contribution in [0.4, 0.5) is 5.69 Å². The minimum Gasteiger partial charge on any atom is -0.355 e. The van der Waals surface area contributed by atoms with Crippen LogP contribution in [0.5, 0.6) is 0 Å². The fourth-order valence-electron chi connectivity index (χ4n) is 2.86. The fraction of sp³-hybridized carbons (Fsp3) is 0.571. The molecule has 3 amide bonds. The molecule has 1 aromatic rings. The summed E-state index contributed by atoms with van der Waals surface area (Å²) in [5.74, 6) is -0.113. The van der Waals surface area contributed by atoms with E-state index in [1.807, 2.05) is 27.7 Å². The number of hydrogen-bond donors (Lipinski definition) is 2. The fourth-order valence-corrected chi connectivity index (χ4v) is 2.86. The van der Waals surface area contributed by atoms with Crippen LogP contribution in [-0.2, 0) is 9.59 Å². The number of anilines is 1. The summed E-state index contributed by atoms with van der Waals surface area (Å²) in [5.41, 5.74) is 0.678. The summed E-state index contributed by atoms with van der Waals surface area (Å²) in [5, 5.41) is 5.74. The van der Waals surface area contributed by atoms with Gasteiger partial charge in [-0.05, 0) is 24.6 Å². The lowest BCUT2D eigenvalue weighted by Gasteiger charge is -2.34. The lowest BCUT2D eigenvalue weighted by molar-refractivity contribution is -0.123. The van der Waals surface area contributed by atoms with Gasteiger partial charge in [-0.15, -0.1) is 0 Å². The topological polar surface area (TPSA) is 81.8 Å². The van der Waals surface area contributed by atoms with Gasteiger partial charge < -0.3 is 15.5 Å². The molecule has 1 heterocycles. The number of carbonyl (C=O) groups is 3. The van der Waals surface area contributed by atoms with E-state index >= 15 is 0 Å². The van der Waals surface area contributed by atoms with E-state index in [-0.39, 0.29) is 17.7 Å². The van der Waals surface area contributed by atoms with E-state index in [4.69, 9.17) is 0 Å². The Balaban J connectivity index is 1.90. The Morgan fingerprint density at radius 1 is 1.07 bits per heavy atom. The monoisotopic (exact) mass is 388 g/mol. The van der Waals surface area contributed by atoms with Gasteiger partial charge in [0.05, 0.1) is 6.54 Å². The number of nitrogens with one attached hydrogen (secondary N) is 2. The molecule has 1 saturated heterocycles. The van der Waals surface area contributed by atoms with Gasteiger partial charge in [-0.2, -0.15) is 0 Å². The smallest absolute Gasteiger partial charge is 0.254 e. The molecule has 0 aromatic heterocycles. The van der Waals surface area contributed by atoms with Gasteiger partial charge in [-0.3, -0.25) is 19.3 Å². The van der Waals surface area contributed by atoms with Gasteiger partial charge in [0.15, 0.2) is 0 Å². The van der Waals surface area contributed by atoms with Crippen LogP contribution >= 0.6 is 0 Å². The average molecular weight is 389 g/mol. The van der Waals surface area contributed by atoms with Crippen LogP contribution in [0.15, 0.2) is 24.3 Å². The molecular weight excluding hydrogens is 356 g/mol. The van der Waals surface area contributed by atoms with E-state index in [1.54, 1.807) is 29.2 Å². The number of benzene rings is 1. The van der Waals surface area contributed by atoms with Gasteiger partial charge in [-0.25, -0.2) is 0 Å². The van der Waals surface area contributed by atoms with E-state index in [1.165, 1.54) is 0 Å². The van der Waals surface area contributed by atoms with Crippen molar-refractivity contribution in [3.8, 4) is 0 Å². The first-order valence-electron chi connectivity index (χ1n) is 9.90. The molecule has 0 unspecified atom stereocenters. The number of rotatable bonds is 6. The Kier molecular flexibility index (Phi) is 7.57. The van der Waals surface area contributed by atoms with Crippen molar-refractivity contribution in [3.05, 3.63) is 29.8 Å². The van der Waals surface area contributed by atoms with Gasteiger partial charge in [-0.1, -0.05) is 33.8 Å². The summed E-state index contributed by atoms with van der Waals surface area (Å²) in [7, 11) is 0. The molecule has 154 valence electrons. The van der Waals surface area contributed by atoms with E-state index in [0.717, 1.165) is 6.42 Å². The number of carbonyl (C=O) groups excluding carboxylic acids is 3. The van der Waals surface area contributed by atoms with Crippen molar-refractivity contribution in [1.29, 1.82) is 0 Å². The summed E-state index contributed by atoms with van der Waals surface area (Å²) < 4.78 is 0. The van der Waals surface area contributed by atoms with Crippen LogP contribution in [-0.4, -0.2) is 66.8 Å². The number of hydrogen-bond acceptors (Lipinski definition) is 4. The molecule has 7 nitrogen and oxygen atoms in total. The van der Waals surface area contributed by atoms with Crippen molar-refractivity contribution < 1.29 is 14.4 Å². The van der Waals surface area contributed by atoms with Crippen molar-refractivity contribution in [2.45, 2.75) is 34.1 Å². The maximum atomic E-state index is 12.8. The van der Waals surface area contributed by atoms with Crippen LogP contribution in [0.3, 0.4) is 0 Å². The van der Waals surface area contributed by atoms with E-state index in [2.05, 4.69) is 15.5 Å². The van der Waals surface area contributed by atoms with Crippen LogP contribution < -0.4 is 10.6 Å². The first-order chi connectivity index (χ1) is 13.2. The molecule has 1 aromatic carbocycles. The lowest BCUT2D eigenvalue weighted by Crippen LogP contribution is -2.51. The second-order valence-electron chi connectivity index (χ2n) is 8.20. The highest BCUT2D eigenvalue weighted by Crippen LogP contribution is 2.19. The van der Waals surface area contributed by atoms with E-state index in [0.29, 0.717) is 50.5 Å². The van der Waals surface area contributed by atoms with Crippen molar-refractivity contribution in [3.63, 3.8) is 0 Å². The van der Waals surface area contributed by atoms with Crippen molar-refractivity contribution in [2.75, 3.05) is 44.6 Å². The van der Waals surface area contributed by atoms with Crippen molar-refractivity contribution in [1.82, 2.24) is 15.1 Å². The Morgan fingerprint density at radius 3 is 2.36 bits per heavy atom. The Morgan fingerprint density at radius 2 is 1.75 bits per heavy atom. The molecule has 2 rings (SSSR count). The molecule has 7 heteroatoms. The van der Waals surface area contributed by atoms with Gasteiger partial charge in [0.2, 0.25) is 11.8 Å². The third kappa shape index (κ3) is 6.34. The highest BCUT2D eigenvalue weighted by molar-refractivity contribution is 5.98. The van der Waals surface area contributed by atoms with Crippen LogP contribution in [0.1, 0.15) is 44.5 Å². The minimum absolute atomic E-state index is 0.0314. The molecule has 2 N–H and O–H groups in total. The van der Waals surface area contributed by atoms with Crippen molar-refractivity contribution in [2.24, 2.45) is 5.41 Å². The summed E-state index contributed by atoms with van der Waals surface area (Å²) in [4.78, 5) is 40.7. The number of nitrogens with zero attached hydrogens (tertiary/aromatic N) is 2. The maximum absolute atomic E-state index is 12.8. The van der Waals surface area contributed by atoms with Gasteiger partial charge in [0, 0.05) is 49.4 Å². The van der Waals surface area contributed by atoms with Crippen LogP contribution in [0.25, 0.3) is 0 Å². The first-order valence-corrected chi connectivity index (χ1v) is 9.90. The third-order valence-corrected chi connectivity index (χ3v) is 4.65. The number of piperazine rings is 1. The summed E-state index contributed by atoms with van der Waals surface area (Å²) in [6.07, 6.45) is 0.920. The molecule has 0 radical (unpaired) electrons. The molecule has 28 heavy (non-hydrogen) atoms. The normalized spacial score (nSPS) is 15.2. The highest BCUT2D eigenvalue weighted by atomic mass is 16.2.